The number of carbonyl (C=O) groups is 1. The number of H-pyrrole nitrogens is 1. The average Bonchev–Trinajstić information content (AvgIpc) is 2.80. The standard InChI is InChI=1S/C19H24N4O5S.C2H6/c1-3-28-19(25)16-13-20-17(21-18(16)24)14(2)22-9-11-23(12-10-22)29(26,27)15-7-5-4-6-8-15;1-2/h4-8,13-14H,3,9-12H2,1-2H3,(H,20,21,24);1-2H3. The summed E-state index contributed by atoms with van der Waals surface area (Å²) in [7, 11) is -3.52. The minimum absolute atomic E-state index is 0.137. The van der Waals surface area contributed by atoms with Gasteiger partial charge in [-0.1, -0.05) is 32.0 Å². The lowest BCUT2D eigenvalue weighted by atomic mass is 10.2. The van der Waals surface area contributed by atoms with Crippen molar-refractivity contribution >= 4 is 16.0 Å². The highest BCUT2D eigenvalue weighted by atomic mass is 32.2. The zero-order valence-electron chi connectivity index (χ0n) is 18.4. The van der Waals surface area contributed by atoms with Gasteiger partial charge in [0.05, 0.1) is 17.5 Å². The number of rotatable bonds is 6. The molecule has 0 bridgehead atoms. The molecule has 0 radical (unpaired) electrons. The Morgan fingerprint density at radius 1 is 1.16 bits per heavy atom. The molecule has 2 heterocycles. The molecule has 3 rings (SSSR count). The van der Waals surface area contributed by atoms with Crippen LogP contribution in [0.5, 0.6) is 0 Å². The molecule has 1 aliphatic heterocycles. The molecule has 1 unspecified atom stereocenters. The molecule has 31 heavy (non-hydrogen) atoms. The van der Waals surface area contributed by atoms with Gasteiger partial charge in [-0.25, -0.2) is 18.2 Å². The summed E-state index contributed by atoms with van der Waals surface area (Å²) in [6.07, 6.45) is 1.22. The van der Waals surface area contributed by atoms with E-state index in [1.165, 1.54) is 10.5 Å². The lowest BCUT2D eigenvalue weighted by Gasteiger charge is -2.36. The lowest BCUT2D eigenvalue weighted by Crippen LogP contribution is -2.49. The number of nitrogens with one attached hydrogen (secondary N) is 1. The van der Waals surface area contributed by atoms with Crippen molar-refractivity contribution < 1.29 is 17.9 Å². The van der Waals surface area contributed by atoms with Gasteiger partial charge in [0.25, 0.3) is 5.56 Å². The Bertz CT molecular complexity index is 1020. The first kappa shape index (κ1) is 24.7. The summed E-state index contributed by atoms with van der Waals surface area (Å²) in [6, 6.07) is 8.12. The van der Waals surface area contributed by atoms with Crippen molar-refractivity contribution in [3.8, 4) is 0 Å². The fraction of sp³-hybridized carbons (Fsp3) is 0.476. The average molecular weight is 451 g/mol. The predicted molar refractivity (Wildman–Crippen MR) is 117 cm³/mol. The first-order valence-corrected chi connectivity index (χ1v) is 11.8. The van der Waals surface area contributed by atoms with E-state index in [1.54, 1.807) is 37.3 Å². The summed E-state index contributed by atoms with van der Waals surface area (Å²) < 4.78 is 31.8. The van der Waals surface area contributed by atoms with Crippen LogP contribution in [0.4, 0.5) is 0 Å². The van der Waals surface area contributed by atoms with Crippen molar-refractivity contribution in [3.05, 3.63) is 58.3 Å². The molecule has 0 saturated carbocycles. The minimum atomic E-state index is -3.52. The molecule has 1 aliphatic rings. The van der Waals surface area contributed by atoms with Crippen LogP contribution in [-0.2, 0) is 14.8 Å². The third-order valence-corrected chi connectivity index (χ3v) is 6.82. The van der Waals surface area contributed by atoms with Gasteiger partial charge in [0.1, 0.15) is 11.4 Å². The molecule has 1 aromatic heterocycles. The molecule has 1 fully saturated rings. The van der Waals surface area contributed by atoms with E-state index in [9.17, 15) is 18.0 Å². The Kier molecular flexibility index (Phi) is 8.90. The van der Waals surface area contributed by atoms with Crippen LogP contribution < -0.4 is 5.56 Å². The highest BCUT2D eigenvalue weighted by Crippen LogP contribution is 2.22. The number of benzene rings is 1. The number of esters is 1. The van der Waals surface area contributed by atoms with E-state index < -0.39 is 21.6 Å². The number of nitrogens with zero attached hydrogens (tertiary/aromatic N) is 3. The molecule has 0 amide bonds. The summed E-state index contributed by atoms with van der Waals surface area (Å²) in [5.74, 6) is -0.289. The molecule has 0 aliphatic carbocycles. The van der Waals surface area contributed by atoms with Crippen LogP contribution in [0.3, 0.4) is 0 Å². The Labute approximate surface area is 183 Å². The molecule has 0 spiro atoms. The quantitative estimate of drug-likeness (QED) is 0.670. The SMILES string of the molecule is CC.CCOC(=O)c1cnc(C(C)N2CCN(S(=O)(=O)c3ccccc3)CC2)[nH]c1=O. The van der Waals surface area contributed by atoms with Crippen molar-refractivity contribution in [1.29, 1.82) is 0 Å². The van der Waals surface area contributed by atoms with Gasteiger partial charge in [-0.05, 0) is 26.0 Å². The number of hydrogen-bond donors (Lipinski definition) is 1. The first-order chi connectivity index (χ1) is 14.8. The molecule has 170 valence electrons. The van der Waals surface area contributed by atoms with Gasteiger partial charge >= 0.3 is 5.97 Å². The van der Waals surface area contributed by atoms with E-state index in [0.29, 0.717) is 32.0 Å². The topological polar surface area (TPSA) is 113 Å². The third kappa shape index (κ3) is 5.78. The number of ether oxygens (including phenoxy) is 1. The van der Waals surface area contributed by atoms with E-state index in [4.69, 9.17) is 4.74 Å². The fourth-order valence-corrected chi connectivity index (χ4v) is 4.66. The van der Waals surface area contributed by atoms with Gasteiger partial charge in [-0.2, -0.15) is 4.31 Å². The molecule has 1 atom stereocenters. The molecular formula is C21H30N4O5S. The van der Waals surface area contributed by atoms with Gasteiger partial charge < -0.3 is 9.72 Å². The molecule has 1 N–H and O–H groups in total. The Hall–Kier alpha value is -2.56. The van der Waals surface area contributed by atoms with Crippen LogP contribution in [0.1, 0.15) is 49.9 Å². The summed E-state index contributed by atoms with van der Waals surface area (Å²) in [6.45, 7) is 9.39. The summed E-state index contributed by atoms with van der Waals surface area (Å²) in [4.78, 5) is 33.1. The second-order valence-corrected chi connectivity index (χ2v) is 8.60. The normalized spacial score (nSPS) is 16.1. The van der Waals surface area contributed by atoms with Gasteiger partial charge in [0, 0.05) is 32.4 Å². The van der Waals surface area contributed by atoms with Crippen molar-refractivity contribution in [2.75, 3.05) is 32.8 Å². The summed E-state index contributed by atoms with van der Waals surface area (Å²) in [5.41, 5.74) is -0.688. The number of carbonyl (C=O) groups excluding carboxylic acids is 1. The predicted octanol–water partition coefficient (Wildman–Crippen LogP) is 2.04. The maximum absolute atomic E-state index is 12.7. The smallest absolute Gasteiger partial charge is 0.345 e. The number of hydrogen-bond acceptors (Lipinski definition) is 7. The van der Waals surface area contributed by atoms with E-state index in [2.05, 4.69) is 9.97 Å². The number of piperazine rings is 1. The fourth-order valence-electron chi connectivity index (χ4n) is 3.22. The Balaban J connectivity index is 0.00000166. The highest BCUT2D eigenvalue weighted by Gasteiger charge is 2.31. The van der Waals surface area contributed by atoms with Gasteiger partial charge in [0.2, 0.25) is 10.0 Å². The van der Waals surface area contributed by atoms with Gasteiger partial charge in [0.15, 0.2) is 0 Å². The number of sulfonamides is 1. The second kappa shape index (κ2) is 11.2. The molecule has 1 saturated heterocycles. The van der Waals surface area contributed by atoms with E-state index >= 15 is 0 Å². The van der Waals surface area contributed by atoms with E-state index in [1.807, 2.05) is 25.7 Å². The summed E-state index contributed by atoms with van der Waals surface area (Å²) >= 11 is 0. The van der Waals surface area contributed by atoms with Crippen molar-refractivity contribution in [2.24, 2.45) is 0 Å². The van der Waals surface area contributed by atoms with Crippen LogP contribution in [0.2, 0.25) is 0 Å². The number of aromatic amines is 1. The molecule has 1 aromatic carbocycles. The zero-order chi connectivity index (χ0) is 23.0. The van der Waals surface area contributed by atoms with Crippen LogP contribution in [0.25, 0.3) is 0 Å². The molecule has 10 heteroatoms. The van der Waals surface area contributed by atoms with Crippen LogP contribution in [0, 0.1) is 0 Å². The van der Waals surface area contributed by atoms with Gasteiger partial charge in [-0.3, -0.25) is 9.69 Å². The van der Waals surface area contributed by atoms with Crippen LogP contribution >= 0.6 is 0 Å². The van der Waals surface area contributed by atoms with Crippen LogP contribution in [0.15, 0.2) is 46.2 Å². The van der Waals surface area contributed by atoms with E-state index in [-0.39, 0.29) is 23.1 Å². The van der Waals surface area contributed by atoms with Crippen molar-refractivity contribution in [3.63, 3.8) is 0 Å². The highest BCUT2D eigenvalue weighted by molar-refractivity contribution is 7.89. The monoisotopic (exact) mass is 450 g/mol. The Morgan fingerprint density at radius 2 is 1.77 bits per heavy atom. The lowest BCUT2D eigenvalue weighted by molar-refractivity contribution is 0.0523. The van der Waals surface area contributed by atoms with Crippen LogP contribution in [-0.4, -0.2) is 66.3 Å². The first-order valence-electron chi connectivity index (χ1n) is 10.4. The maximum Gasteiger partial charge on any atom is 0.345 e. The third-order valence-electron chi connectivity index (χ3n) is 4.91. The number of aromatic nitrogens is 2. The summed E-state index contributed by atoms with van der Waals surface area (Å²) in [5, 5.41) is 0. The van der Waals surface area contributed by atoms with Crippen molar-refractivity contribution in [2.45, 2.75) is 38.6 Å². The zero-order valence-corrected chi connectivity index (χ0v) is 19.2. The molecule has 9 nitrogen and oxygen atoms in total. The van der Waals surface area contributed by atoms with Gasteiger partial charge in [-0.15, -0.1) is 0 Å². The molecule has 2 aromatic rings. The molecular weight excluding hydrogens is 420 g/mol. The Morgan fingerprint density at radius 3 is 2.32 bits per heavy atom. The van der Waals surface area contributed by atoms with E-state index in [0.717, 1.165) is 0 Å². The minimum Gasteiger partial charge on any atom is -0.462 e. The van der Waals surface area contributed by atoms with Crippen molar-refractivity contribution in [1.82, 2.24) is 19.2 Å². The largest absolute Gasteiger partial charge is 0.462 e. The maximum atomic E-state index is 12.7. The second-order valence-electron chi connectivity index (χ2n) is 6.66.